The quantitative estimate of drug-likeness (QED) is 0.486. The van der Waals surface area contributed by atoms with Gasteiger partial charge in [0.25, 0.3) is 15.9 Å². The van der Waals surface area contributed by atoms with Crippen molar-refractivity contribution in [3.8, 4) is 0 Å². The second-order valence-corrected chi connectivity index (χ2v) is 9.59. The van der Waals surface area contributed by atoms with Crippen LogP contribution in [0.25, 0.3) is 0 Å². The van der Waals surface area contributed by atoms with Gasteiger partial charge in [-0.1, -0.05) is 26.0 Å². The highest BCUT2D eigenvalue weighted by molar-refractivity contribution is 7.92. The number of carbonyl (C=O) groups excluding carboxylic acids is 3. The van der Waals surface area contributed by atoms with Crippen LogP contribution in [0.5, 0.6) is 0 Å². The number of amides is 1. The number of nitrogens with one attached hydrogen (secondary N) is 2. The van der Waals surface area contributed by atoms with Crippen molar-refractivity contribution in [3.05, 3.63) is 59.4 Å². The summed E-state index contributed by atoms with van der Waals surface area (Å²) in [7, 11) is -2.93. The van der Waals surface area contributed by atoms with Crippen molar-refractivity contribution in [1.82, 2.24) is 5.32 Å². The van der Waals surface area contributed by atoms with Crippen LogP contribution in [0.1, 0.15) is 36.2 Å². The molecule has 0 radical (unpaired) electrons. The molecule has 1 amide bonds. The fraction of sp³-hybridized carbons (Fsp3) is 0.348. The molecule has 0 heterocycles. The molecule has 1 atom stereocenters. The van der Waals surface area contributed by atoms with Crippen molar-refractivity contribution in [1.29, 1.82) is 0 Å². The maximum absolute atomic E-state index is 13.5. The summed E-state index contributed by atoms with van der Waals surface area (Å²) in [6, 6.07) is 8.07. The van der Waals surface area contributed by atoms with Crippen molar-refractivity contribution in [2.45, 2.75) is 38.1 Å². The normalized spacial score (nSPS) is 12.1. The van der Waals surface area contributed by atoms with Crippen molar-refractivity contribution < 1.29 is 36.7 Å². The van der Waals surface area contributed by atoms with E-state index in [-0.39, 0.29) is 27.6 Å². The van der Waals surface area contributed by atoms with E-state index in [2.05, 4.69) is 14.8 Å². The molecule has 2 N–H and O–H groups in total. The number of anilines is 1. The van der Waals surface area contributed by atoms with Gasteiger partial charge in [-0.25, -0.2) is 22.4 Å². The first-order chi connectivity index (χ1) is 15.9. The molecule has 0 spiro atoms. The van der Waals surface area contributed by atoms with Crippen LogP contribution in [0, 0.1) is 18.7 Å². The summed E-state index contributed by atoms with van der Waals surface area (Å²) in [6.45, 7) is 4.47. The van der Waals surface area contributed by atoms with Gasteiger partial charge < -0.3 is 14.8 Å². The average Bonchev–Trinajstić information content (AvgIpc) is 2.78. The molecule has 2 rings (SSSR count). The zero-order chi connectivity index (χ0) is 25.5. The van der Waals surface area contributed by atoms with Gasteiger partial charge >= 0.3 is 11.9 Å². The van der Waals surface area contributed by atoms with Crippen LogP contribution in [0.3, 0.4) is 0 Å². The Hall–Kier alpha value is -3.47. The van der Waals surface area contributed by atoms with Crippen LogP contribution in [0.4, 0.5) is 10.1 Å². The van der Waals surface area contributed by atoms with Crippen molar-refractivity contribution in [2.75, 3.05) is 18.4 Å². The molecule has 0 bridgehead atoms. The largest absolute Gasteiger partial charge is 0.467 e. The zero-order valence-electron chi connectivity index (χ0n) is 19.3. The van der Waals surface area contributed by atoms with Crippen molar-refractivity contribution in [3.63, 3.8) is 0 Å². The maximum Gasteiger partial charge on any atom is 0.340 e. The third-order valence-electron chi connectivity index (χ3n) is 4.69. The molecule has 0 fully saturated rings. The van der Waals surface area contributed by atoms with Crippen LogP contribution in [0.2, 0.25) is 0 Å². The third kappa shape index (κ3) is 7.27. The standard InChI is InChI=1S/C23H27FN2O7S/c1-14(2)11-20(23(29)32-4)25-21(27)13-33-22(28)17-7-5-6-8-19(17)26-34(30,31)16-9-10-18(24)15(3)12-16/h5-10,12,14,20,26H,11,13H2,1-4H3,(H,25,27). The number of para-hydroxylation sites is 1. The lowest BCUT2D eigenvalue weighted by Gasteiger charge is -2.18. The number of hydrogen-bond donors (Lipinski definition) is 2. The molecular formula is C23H27FN2O7S. The summed E-state index contributed by atoms with van der Waals surface area (Å²) in [5.74, 6) is -2.75. The van der Waals surface area contributed by atoms with E-state index in [1.54, 1.807) is 0 Å². The number of sulfonamides is 1. The summed E-state index contributed by atoms with van der Waals surface area (Å²) in [5, 5.41) is 2.46. The molecule has 0 saturated heterocycles. The Kier molecular flexibility index (Phi) is 9.13. The molecule has 1 unspecified atom stereocenters. The molecule has 11 heteroatoms. The Bertz CT molecular complexity index is 1170. The monoisotopic (exact) mass is 494 g/mol. The van der Waals surface area contributed by atoms with E-state index < -0.39 is 46.3 Å². The smallest absolute Gasteiger partial charge is 0.340 e. The van der Waals surface area contributed by atoms with E-state index >= 15 is 0 Å². The molecular weight excluding hydrogens is 467 g/mol. The first-order valence-corrected chi connectivity index (χ1v) is 11.8. The first kappa shape index (κ1) is 26.8. The number of esters is 2. The Morgan fingerprint density at radius 3 is 2.38 bits per heavy atom. The number of methoxy groups -OCH3 is 1. The van der Waals surface area contributed by atoms with Gasteiger partial charge in [-0.15, -0.1) is 0 Å². The lowest BCUT2D eigenvalue weighted by Crippen LogP contribution is -2.44. The Morgan fingerprint density at radius 1 is 1.09 bits per heavy atom. The van der Waals surface area contributed by atoms with Gasteiger partial charge in [0.1, 0.15) is 11.9 Å². The molecule has 0 saturated carbocycles. The van der Waals surface area contributed by atoms with Crippen LogP contribution in [-0.4, -0.2) is 46.0 Å². The van der Waals surface area contributed by atoms with Gasteiger partial charge in [-0.3, -0.25) is 9.52 Å². The summed E-state index contributed by atoms with van der Waals surface area (Å²) < 4.78 is 50.9. The minimum absolute atomic E-state index is 0.0814. The lowest BCUT2D eigenvalue weighted by molar-refractivity contribution is -0.145. The predicted octanol–water partition coefficient (Wildman–Crippen LogP) is 2.80. The summed E-state index contributed by atoms with van der Waals surface area (Å²) >= 11 is 0. The van der Waals surface area contributed by atoms with E-state index in [0.717, 1.165) is 18.2 Å². The highest BCUT2D eigenvalue weighted by Crippen LogP contribution is 2.22. The SMILES string of the molecule is COC(=O)C(CC(C)C)NC(=O)COC(=O)c1ccccc1NS(=O)(=O)c1ccc(F)c(C)c1. The fourth-order valence-corrected chi connectivity index (χ4v) is 4.18. The van der Waals surface area contributed by atoms with Crippen LogP contribution < -0.4 is 10.0 Å². The minimum atomic E-state index is -4.13. The number of aryl methyl sites for hydroxylation is 1. The predicted molar refractivity (Wildman–Crippen MR) is 122 cm³/mol. The van der Waals surface area contributed by atoms with Crippen LogP contribution in [-0.2, 0) is 29.1 Å². The Balaban J connectivity index is 2.11. The van der Waals surface area contributed by atoms with Gasteiger partial charge in [-0.2, -0.15) is 0 Å². The summed E-state index contributed by atoms with van der Waals surface area (Å²) in [4.78, 5) is 36.4. The van der Waals surface area contributed by atoms with Crippen molar-refractivity contribution in [2.24, 2.45) is 5.92 Å². The topological polar surface area (TPSA) is 128 Å². The van der Waals surface area contributed by atoms with Crippen molar-refractivity contribution >= 4 is 33.6 Å². The van der Waals surface area contributed by atoms with E-state index in [0.29, 0.717) is 6.42 Å². The van der Waals surface area contributed by atoms with Crippen LogP contribution >= 0.6 is 0 Å². The number of halogens is 1. The summed E-state index contributed by atoms with van der Waals surface area (Å²) in [5.41, 5.74) is -0.0733. The molecule has 2 aromatic rings. The van der Waals surface area contributed by atoms with E-state index in [9.17, 15) is 27.2 Å². The van der Waals surface area contributed by atoms with Gasteiger partial charge in [-0.05, 0) is 55.2 Å². The Labute approximate surface area is 197 Å². The number of benzene rings is 2. The highest BCUT2D eigenvalue weighted by atomic mass is 32.2. The van der Waals surface area contributed by atoms with E-state index in [4.69, 9.17) is 4.74 Å². The molecule has 0 aliphatic carbocycles. The molecule has 0 aliphatic rings. The number of hydrogen-bond acceptors (Lipinski definition) is 7. The highest BCUT2D eigenvalue weighted by Gasteiger charge is 2.24. The molecule has 9 nitrogen and oxygen atoms in total. The van der Waals surface area contributed by atoms with Crippen LogP contribution in [0.15, 0.2) is 47.4 Å². The average molecular weight is 495 g/mol. The number of rotatable bonds is 10. The molecule has 0 aromatic heterocycles. The lowest BCUT2D eigenvalue weighted by atomic mass is 10.0. The fourth-order valence-electron chi connectivity index (χ4n) is 3.01. The molecule has 2 aromatic carbocycles. The molecule has 34 heavy (non-hydrogen) atoms. The van der Waals surface area contributed by atoms with E-state index in [1.807, 2.05) is 13.8 Å². The van der Waals surface area contributed by atoms with Gasteiger partial charge in [0, 0.05) is 0 Å². The van der Waals surface area contributed by atoms with E-state index in [1.165, 1.54) is 38.3 Å². The molecule has 184 valence electrons. The third-order valence-corrected chi connectivity index (χ3v) is 6.06. The summed E-state index contributed by atoms with van der Waals surface area (Å²) in [6.07, 6.45) is 0.333. The van der Waals surface area contributed by atoms with Gasteiger partial charge in [0.2, 0.25) is 0 Å². The maximum atomic E-state index is 13.5. The Morgan fingerprint density at radius 2 is 1.76 bits per heavy atom. The number of carbonyl (C=O) groups is 3. The minimum Gasteiger partial charge on any atom is -0.467 e. The number of ether oxygens (including phenoxy) is 2. The second kappa shape index (κ2) is 11.6. The van der Waals surface area contributed by atoms with Gasteiger partial charge in [0.15, 0.2) is 6.61 Å². The zero-order valence-corrected chi connectivity index (χ0v) is 20.1. The molecule has 0 aliphatic heterocycles. The van der Waals surface area contributed by atoms with Gasteiger partial charge in [0.05, 0.1) is 23.3 Å². The second-order valence-electron chi connectivity index (χ2n) is 7.91. The first-order valence-electron chi connectivity index (χ1n) is 10.4.